The average molecular weight is 276 g/mol. The Labute approximate surface area is 120 Å². The lowest BCUT2D eigenvalue weighted by atomic mass is 9.75. The van der Waals surface area contributed by atoms with E-state index >= 15 is 0 Å². The highest BCUT2D eigenvalue weighted by atomic mass is 16.4. The topological polar surface area (TPSA) is 66.6 Å². The van der Waals surface area contributed by atoms with Gasteiger partial charge in [-0.15, -0.1) is 0 Å². The van der Waals surface area contributed by atoms with Gasteiger partial charge in [0.2, 0.25) is 0 Å². The molecule has 0 aromatic heterocycles. The summed E-state index contributed by atoms with van der Waals surface area (Å²) in [6.45, 7) is 4.62. The van der Waals surface area contributed by atoms with Gasteiger partial charge in [-0.25, -0.2) is 4.79 Å². The fourth-order valence-electron chi connectivity index (χ4n) is 3.02. The fraction of sp³-hybridized carbons (Fsp3) is 0.562. The molecule has 20 heavy (non-hydrogen) atoms. The molecule has 110 valence electrons. The van der Waals surface area contributed by atoms with Gasteiger partial charge in [-0.3, -0.25) is 0 Å². The molecule has 0 unspecified atom stereocenters. The van der Waals surface area contributed by atoms with Gasteiger partial charge < -0.3 is 15.7 Å². The number of hydrogen-bond donors (Lipinski definition) is 2. The van der Waals surface area contributed by atoms with Gasteiger partial charge in [-0.05, 0) is 43.2 Å². The Balaban J connectivity index is 2.20. The van der Waals surface area contributed by atoms with Crippen LogP contribution in [0.25, 0.3) is 0 Å². The molecule has 1 aromatic rings. The predicted octanol–water partition coefficient (Wildman–Crippen LogP) is 3.37. The molecule has 1 aliphatic rings. The Bertz CT molecular complexity index is 501. The van der Waals surface area contributed by atoms with Crippen molar-refractivity contribution < 1.29 is 9.90 Å². The number of aromatic carboxylic acids is 1. The second-order valence-corrected chi connectivity index (χ2v) is 6.55. The van der Waals surface area contributed by atoms with Crippen LogP contribution >= 0.6 is 0 Å². The lowest BCUT2D eigenvalue weighted by Crippen LogP contribution is -2.37. The standard InChI is InChI=1S/C16H24N2O2/c1-16(2)9-7-11(8-10-16)18(3)13-6-4-5-12(14(13)17)15(19)20/h4-6,11H,7-10,17H2,1-3H3,(H,19,20). The number of nitrogens with zero attached hydrogens (tertiary/aromatic N) is 1. The van der Waals surface area contributed by atoms with Crippen LogP contribution in [-0.2, 0) is 0 Å². The molecule has 1 aromatic carbocycles. The molecule has 4 heteroatoms. The van der Waals surface area contributed by atoms with E-state index in [4.69, 9.17) is 10.8 Å². The normalized spacial score (nSPS) is 18.8. The first-order valence-corrected chi connectivity index (χ1v) is 7.16. The third-order valence-electron chi connectivity index (χ3n) is 4.55. The summed E-state index contributed by atoms with van der Waals surface area (Å²) in [6, 6.07) is 5.66. The Kier molecular flexibility index (Phi) is 3.93. The van der Waals surface area contributed by atoms with E-state index in [0.29, 0.717) is 17.1 Å². The van der Waals surface area contributed by atoms with E-state index in [1.807, 2.05) is 13.1 Å². The quantitative estimate of drug-likeness (QED) is 0.831. The zero-order chi connectivity index (χ0) is 14.9. The van der Waals surface area contributed by atoms with E-state index in [1.54, 1.807) is 12.1 Å². The highest BCUT2D eigenvalue weighted by Crippen LogP contribution is 2.39. The fourth-order valence-corrected chi connectivity index (χ4v) is 3.02. The average Bonchev–Trinajstić information content (AvgIpc) is 2.38. The first kappa shape index (κ1) is 14.7. The molecule has 0 saturated heterocycles. The van der Waals surface area contributed by atoms with Crippen molar-refractivity contribution in [1.82, 2.24) is 0 Å². The second kappa shape index (κ2) is 5.35. The van der Waals surface area contributed by atoms with Crippen molar-refractivity contribution in [3.8, 4) is 0 Å². The molecule has 0 amide bonds. The van der Waals surface area contributed by atoms with Gasteiger partial charge in [-0.2, -0.15) is 0 Å². The number of anilines is 2. The van der Waals surface area contributed by atoms with E-state index < -0.39 is 5.97 Å². The summed E-state index contributed by atoms with van der Waals surface area (Å²) in [5.41, 5.74) is 7.83. The van der Waals surface area contributed by atoms with Crippen LogP contribution in [0.5, 0.6) is 0 Å². The molecule has 0 radical (unpaired) electrons. The Hall–Kier alpha value is -1.71. The summed E-state index contributed by atoms with van der Waals surface area (Å²) in [5.74, 6) is -0.970. The van der Waals surface area contributed by atoms with Crippen LogP contribution in [0.2, 0.25) is 0 Å². The van der Waals surface area contributed by atoms with E-state index in [1.165, 1.54) is 12.8 Å². The molecule has 0 atom stereocenters. The molecule has 0 spiro atoms. The van der Waals surface area contributed by atoms with E-state index in [9.17, 15) is 4.79 Å². The minimum atomic E-state index is -0.970. The molecule has 1 aliphatic carbocycles. The number of benzene rings is 1. The second-order valence-electron chi connectivity index (χ2n) is 6.55. The maximum Gasteiger partial charge on any atom is 0.337 e. The van der Waals surface area contributed by atoms with Gasteiger partial charge in [0.1, 0.15) is 0 Å². The maximum absolute atomic E-state index is 11.2. The van der Waals surface area contributed by atoms with Crippen LogP contribution in [0.1, 0.15) is 49.9 Å². The first-order valence-electron chi connectivity index (χ1n) is 7.16. The minimum absolute atomic E-state index is 0.186. The van der Waals surface area contributed by atoms with Crippen LogP contribution in [0.15, 0.2) is 18.2 Å². The smallest absolute Gasteiger partial charge is 0.337 e. The third kappa shape index (κ3) is 2.89. The van der Waals surface area contributed by atoms with Crippen LogP contribution in [0, 0.1) is 5.41 Å². The Morgan fingerprint density at radius 3 is 2.50 bits per heavy atom. The van der Waals surface area contributed by atoms with Gasteiger partial charge in [0.05, 0.1) is 16.9 Å². The van der Waals surface area contributed by atoms with Crippen molar-refractivity contribution in [2.45, 2.75) is 45.6 Å². The largest absolute Gasteiger partial charge is 0.478 e. The number of carbonyl (C=O) groups is 1. The van der Waals surface area contributed by atoms with Crippen molar-refractivity contribution in [2.24, 2.45) is 5.41 Å². The zero-order valence-corrected chi connectivity index (χ0v) is 12.5. The highest BCUT2D eigenvalue weighted by Gasteiger charge is 2.29. The highest BCUT2D eigenvalue weighted by molar-refractivity contribution is 5.97. The first-order chi connectivity index (χ1) is 9.32. The van der Waals surface area contributed by atoms with Gasteiger partial charge in [0, 0.05) is 13.1 Å². The third-order valence-corrected chi connectivity index (χ3v) is 4.55. The summed E-state index contributed by atoms with van der Waals surface area (Å²) in [4.78, 5) is 13.3. The van der Waals surface area contributed by atoms with Crippen molar-refractivity contribution in [2.75, 3.05) is 17.7 Å². The summed E-state index contributed by atoms with van der Waals surface area (Å²) < 4.78 is 0. The number of rotatable bonds is 3. The van der Waals surface area contributed by atoms with E-state index in [-0.39, 0.29) is 5.56 Å². The molecule has 1 fully saturated rings. The van der Waals surface area contributed by atoms with Crippen LogP contribution in [0.3, 0.4) is 0 Å². The van der Waals surface area contributed by atoms with Gasteiger partial charge in [-0.1, -0.05) is 19.9 Å². The van der Waals surface area contributed by atoms with Crippen LogP contribution in [-0.4, -0.2) is 24.2 Å². The number of nitrogen functional groups attached to an aromatic ring is 1. The van der Waals surface area contributed by atoms with Gasteiger partial charge in [0.15, 0.2) is 0 Å². The number of nitrogens with two attached hydrogens (primary N) is 1. The van der Waals surface area contributed by atoms with Gasteiger partial charge >= 0.3 is 5.97 Å². The van der Waals surface area contributed by atoms with Crippen molar-refractivity contribution in [3.05, 3.63) is 23.8 Å². The molecular weight excluding hydrogens is 252 g/mol. The summed E-state index contributed by atoms with van der Waals surface area (Å²) in [7, 11) is 2.01. The molecule has 0 aliphatic heterocycles. The lowest BCUT2D eigenvalue weighted by Gasteiger charge is -2.40. The molecule has 4 nitrogen and oxygen atoms in total. The zero-order valence-electron chi connectivity index (χ0n) is 12.5. The predicted molar refractivity (Wildman–Crippen MR) is 82.3 cm³/mol. The van der Waals surface area contributed by atoms with Crippen LogP contribution < -0.4 is 10.6 Å². The van der Waals surface area contributed by atoms with Crippen molar-refractivity contribution >= 4 is 17.3 Å². The molecule has 2 rings (SSSR count). The number of hydrogen-bond acceptors (Lipinski definition) is 3. The maximum atomic E-state index is 11.2. The summed E-state index contributed by atoms with van der Waals surface area (Å²) >= 11 is 0. The summed E-state index contributed by atoms with van der Waals surface area (Å²) in [6.07, 6.45) is 4.64. The molecule has 0 bridgehead atoms. The van der Waals surface area contributed by atoms with E-state index in [0.717, 1.165) is 18.5 Å². The Morgan fingerprint density at radius 2 is 1.95 bits per heavy atom. The molecule has 3 N–H and O–H groups in total. The van der Waals surface area contributed by atoms with E-state index in [2.05, 4.69) is 18.7 Å². The Morgan fingerprint density at radius 1 is 1.35 bits per heavy atom. The minimum Gasteiger partial charge on any atom is -0.478 e. The van der Waals surface area contributed by atoms with Crippen LogP contribution in [0.4, 0.5) is 11.4 Å². The van der Waals surface area contributed by atoms with Gasteiger partial charge in [0.25, 0.3) is 0 Å². The lowest BCUT2D eigenvalue weighted by molar-refractivity contribution is 0.0698. The van der Waals surface area contributed by atoms with Crippen molar-refractivity contribution in [1.29, 1.82) is 0 Å². The molecule has 1 saturated carbocycles. The number of para-hydroxylation sites is 1. The molecule has 0 heterocycles. The number of carboxylic acids is 1. The summed E-state index contributed by atoms with van der Waals surface area (Å²) in [5, 5.41) is 9.15. The monoisotopic (exact) mass is 276 g/mol. The SMILES string of the molecule is CN(c1cccc(C(=O)O)c1N)C1CCC(C)(C)CC1. The molecular formula is C16H24N2O2. The van der Waals surface area contributed by atoms with Crippen molar-refractivity contribution in [3.63, 3.8) is 0 Å². The number of carboxylic acid groups (broad SMARTS) is 1.